The number of fused-ring (bicyclic) bond motifs is 1. The molecule has 0 atom stereocenters. The van der Waals surface area contributed by atoms with Crippen molar-refractivity contribution < 1.29 is 19.1 Å². The highest BCUT2D eigenvalue weighted by Crippen LogP contribution is 2.32. The van der Waals surface area contributed by atoms with Crippen LogP contribution >= 0.6 is 0 Å². The fraction of sp³-hybridized carbons (Fsp3) is 0.259. The lowest BCUT2D eigenvalue weighted by atomic mass is 9.88. The Bertz CT molecular complexity index is 1050. The molecule has 0 bridgehead atoms. The molecule has 2 amide bonds. The minimum atomic E-state index is -0.252. The first-order chi connectivity index (χ1) is 16.1. The number of benzene rings is 3. The molecule has 170 valence electrons. The highest BCUT2D eigenvalue weighted by Gasteiger charge is 2.23. The highest BCUT2D eigenvalue weighted by atomic mass is 16.6. The number of amides is 2. The SMILES string of the molecule is CCN(CC(=O)Nc1ccc2c(c1)OCCO2)C(=O)CC(c1ccccc1)c1ccccc1. The Kier molecular flexibility index (Phi) is 7.25. The summed E-state index contributed by atoms with van der Waals surface area (Å²) in [5.41, 5.74) is 2.77. The molecule has 0 saturated heterocycles. The zero-order valence-electron chi connectivity index (χ0n) is 18.7. The predicted octanol–water partition coefficient (Wildman–Crippen LogP) is 4.47. The van der Waals surface area contributed by atoms with Crippen molar-refractivity contribution >= 4 is 17.5 Å². The van der Waals surface area contributed by atoms with Gasteiger partial charge in [-0.1, -0.05) is 60.7 Å². The number of rotatable bonds is 8. The lowest BCUT2D eigenvalue weighted by Crippen LogP contribution is -2.38. The number of hydrogen-bond acceptors (Lipinski definition) is 4. The van der Waals surface area contributed by atoms with Crippen molar-refractivity contribution in [3.05, 3.63) is 90.0 Å². The summed E-state index contributed by atoms with van der Waals surface area (Å²) in [6, 6.07) is 25.3. The molecule has 0 spiro atoms. The molecule has 3 aromatic rings. The lowest BCUT2D eigenvalue weighted by molar-refractivity contribution is -0.134. The van der Waals surface area contributed by atoms with Gasteiger partial charge in [0.05, 0.1) is 6.54 Å². The van der Waals surface area contributed by atoms with Crippen molar-refractivity contribution in [2.75, 3.05) is 31.6 Å². The van der Waals surface area contributed by atoms with E-state index < -0.39 is 0 Å². The maximum absolute atomic E-state index is 13.2. The zero-order chi connectivity index (χ0) is 23.0. The van der Waals surface area contributed by atoms with Gasteiger partial charge >= 0.3 is 0 Å². The summed E-state index contributed by atoms with van der Waals surface area (Å²) in [5, 5.41) is 2.86. The van der Waals surface area contributed by atoms with Gasteiger partial charge in [0, 0.05) is 30.6 Å². The Balaban J connectivity index is 1.43. The molecule has 6 nitrogen and oxygen atoms in total. The van der Waals surface area contributed by atoms with Gasteiger partial charge in [-0.15, -0.1) is 0 Å². The first-order valence-corrected chi connectivity index (χ1v) is 11.2. The van der Waals surface area contributed by atoms with Crippen LogP contribution in [0.15, 0.2) is 78.9 Å². The van der Waals surface area contributed by atoms with Gasteiger partial charge < -0.3 is 19.7 Å². The molecule has 0 aromatic heterocycles. The van der Waals surface area contributed by atoms with Crippen LogP contribution in [0.1, 0.15) is 30.4 Å². The van der Waals surface area contributed by atoms with Crippen LogP contribution in [-0.2, 0) is 9.59 Å². The van der Waals surface area contributed by atoms with Crippen LogP contribution in [0.4, 0.5) is 5.69 Å². The second-order valence-corrected chi connectivity index (χ2v) is 7.89. The van der Waals surface area contributed by atoms with Crippen LogP contribution in [0.25, 0.3) is 0 Å². The topological polar surface area (TPSA) is 67.9 Å². The number of carbonyl (C=O) groups excluding carboxylic acids is 2. The molecule has 4 rings (SSSR count). The predicted molar refractivity (Wildman–Crippen MR) is 128 cm³/mol. The molecule has 0 aliphatic carbocycles. The van der Waals surface area contributed by atoms with E-state index in [1.54, 1.807) is 23.1 Å². The largest absolute Gasteiger partial charge is 0.486 e. The third-order valence-electron chi connectivity index (χ3n) is 5.68. The number of nitrogens with zero attached hydrogens (tertiary/aromatic N) is 1. The van der Waals surface area contributed by atoms with Crippen LogP contribution in [0.5, 0.6) is 11.5 Å². The van der Waals surface area contributed by atoms with Crippen molar-refractivity contribution in [2.24, 2.45) is 0 Å². The maximum Gasteiger partial charge on any atom is 0.243 e. The Hall–Kier alpha value is -3.80. The molecule has 3 aromatic carbocycles. The second-order valence-electron chi connectivity index (χ2n) is 7.89. The quantitative estimate of drug-likeness (QED) is 0.557. The summed E-state index contributed by atoms with van der Waals surface area (Å²) >= 11 is 0. The number of likely N-dealkylation sites (N-methyl/N-ethyl adjacent to an activating group) is 1. The Morgan fingerprint density at radius 1 is 0.879 bits per heavy atom. The summed E-state index contributed by atoms with van der Waals surface area (Å²) in [6.07, 6.45) is 0.291. The Labute approximate surface area is 194 Å². The van der Waals surface area contributed by atoms with Gasteiger partial charge in [0.2, 0.25) is 11.8 Å². The van der Waals surface area contributed by atoms with E-state index in [0.29, 0.717) is 43.4 Å². The van der Waals surface area contributed by atoms with Crippen LogP contribution in [0.2, 0.25) is 0 Å². The Morgan fingerprint density at radius 3 is 2.09 bits per heavy atom. The monoisotopic (exact) mass is 444 g/mol. The van der Waals surface area contributed by atoms with Crippen LogP contribution in [-0.4, -0.2) is 43.0 Å². The molecule has 1 aliphatic rings. The molecule has 33 heavy (non-hydrogen) atoms. The summed E-state index contributed by atoms with van der Waals surface area (Å²) < 4.78 is 11.1. The molecular formula is C27H28N2O4. The Morgan fingerprint density at radius 2 is 1.48 bits per heavy atom. The van der Waals surface area contributed by atoms with E-state index in [1.807, 2.05) is 67.6 Å². The van der Waals surface area contributed by atoms with Crippen molar-refractivity contribution in [3.63, 3.8) is 0 Å². The van der Waals surface area contributed by atoms with Crippen molar-refractivity contribution in [3.8, 4) is 11.5 Å². The standard InChI is InChI=1S/C27H28N2O4/c1-2-29(19-26(30)28-22-13-14-24-25(17-22)33-16-15-32-24)27(31)18-23(20-9-5-3-6-10-20)21-11-7-4-8-12-21/h3-14,17,23H,2,15-16,18-19H2,1H3,(H,28,30). The van der Waals surface area contributed by atoms with Crippen LogP contribution in [0, 0.1) is 0 Å². The van der Waals surface area contributed by atoms with E-state index in [9.17, 15) is 9.59 Å². The highest BCUT2D eigenvalue weighted by molar-refractivity contribution is 5.95. The second kappa shape index (κ2) is 10.7. The van der Waals surface area contributed by atoms with E-state index >= 15 is 0 Å². The summed E-state index contributed by atoms with van der Waals surface area (Å²) in [6.45, 7) is 3.31. The summed E-state index contributed by atoms with van der Waals surface area (Å²) in [4.78, 5) is 27.5. The third kappa shape index (κ3) is 5.71. The van der Waals surface area contributed by atoms with E-state index in [2.05, 4.69) is 5.32 Å². The van der Waals surface area contributed by atoms with Crippen molar-refractivity contribution in [1.29, 1.82) is 0 Å². The number of nitrogens with one attached hydrogen (secondary N) is 1. The van der Waals surface area contributed by atoms with E-state index in [4.69, 9.17) is 9.47 Å². The molecule has 0 saturated carbocycles. The molecule has 1 N–H and O–H groups in total. The molecular weight excluding hydrogens is 416 g/mol. The minimum absolute atomic E-state index is 0.0138. The lowest BCUT2D eigenvalue weighted by Gasteiger charge is -2.24. The molecule has 6 heteroatoms. The van der Waals surface area contributed by atoms with Crippen molar-refractivity contribution in [2.45, 2.75) is 19.3 Å². The summed E-state index contributed by atoms with van der Waals surface area (Å²) in [5.74, 6) is 0.883. The first-order valence-electron chi connectivity index (χ1n) is 11.2. The smallest absolute Gasteiger partial charge is 0.243 e. The van der Waals surface area contributed by atoms with E-state index in [1.165, 1.54) is 0 Å². The van der Waals surface area contributed by atoms with Gasteiger partial charge in [-0.2, -0.15) is 0 Å². The minimum Gasteiger partial charge on any atom is -0.486 e. The fourth-order valence-corrected chi connectivity index (χ4v) is 3.97. The fourth-order valence-electron chi connectivity index (χ4n) is 3.97. The van der Waals surface area contributed by atoms with Crippen LogP contribution in [0.3, 0.4) is 0 Å². The van der Waals surface area contributed by atoms with Gasteiger partial charge in [-0.3, -0.25) is 9.59 Å². The third-order valence-corrected chi connectivity index (χ3v) is 5.68. The van der Waals surface area contributed by atoms with Gasteiger partial charge in [0.15, 0.2) is 11.5 Å². The van der Waals surface area contributed by atoms with Crippen LogP contribution < -0.4 is 14.8 Å². The molecule has 0 radical (unpaired) electrons. The maximum atomic E-state index is 13.2. The average molecular weight is 445 g/mol. The number of carbonyl (C=O) groups is 2. The van der Waals surface area contributed by atoms with Gasteiger partial charge in [-0.25, -0.2) is 0 Å². The van der Waals surface area contributed by atoms with Gasteiger partial charge in [0.25, 0.3) is 0 Å². The molecule has 0 unspecified atom stereocenters. The zero-order valence-corrected chi connectivity index (χ0v) is 18.7. The number of anilines is 1. The van der Waals surface area contributed by atoms with E-state index in [-0.39, 0.29) is 24.3 Å². The first kappa shape index (κ1) is 22.4. The van der Waals surface area contributed by atoms with Gasteiger partial charge in [0.1, 0.15) is 13.2 Å². The summed E-state index contributed by atoms with van der Waals surface area (Å²) in [7, 11) is 0. The normalized spacial score (nSPS) is 12.3. The number of ether oxygens (including phenoxy) is 2. The number of hydrogen-bond donors (Lipinski definition) is 1. The average Bonchev–Trinajstić information content (AvgIpc) is 2.86. The molecule has 0 fully saturated rings. The van der Waals surface area contributed by atoms with Gasteiger partial charge in [-0.05, 0) is 30.2 Å². The molecule has 1 aliphatic heterocycles. The van der Waals surface area contributed by atoms with Crippen molar-refractivity contribution in [1.82, 2.24) is 4.90 Å². The van der Waals surface area contributed by atoms with E-state index in [0.717, 1.165) is 11.1 Å². The molecule has 1 heterocycles.